The van der Waals surface area contributed by atoms with Crippen LogP contribution in [-0.2, 0) is 4.74 Å². The predicted octanol–water partition coefficient (Wildman–Crippen LogP) is 2.66. The highest BCUT2D eigenvalue weighted by atomic mass is 16.5. The van der Waals surface area contributed by atoms with Gasteiger partial charge in [-0.1, -0.05) is 32.0 Å². The third-order valence-corrected chi connectivity index (χ3v) is 4.80. The molecule has 1 saturated heterocycles. The second-order valence-electron chi connectivity index (χ2n) is 7.21. The van der Waals surface area contributed by atoms with Crippen molar-refractivity contribution >= 4 is 6.03 Å². The fraction of sp³-hybridized carbons (Fsp3) is 0.650. The van der Waals surface area contributed by atoms with E-state index in [2.05, 4.69) is 31.4 Å². The van der Waals surface area contributed by atoms with Gasteiger partial charge in [-0.15, -0.1) is 0 Å². The van der Waals surface area contributed by atoms with Crippen LogP contribution in [-0.4, -0.2) is 49.6 Å². The van der Waals surface area contributed by atoms with E-state index in [1.165, 1.54) is 0 Å². The van der Waals surface area contributed by atoms with Crippen LogP contribution in [0, 0.1) is 5.92 Å². The Balaban J connectivity index is 1.62. The van der Waals surface area contributed by atoms with Gasteiger partial charge in [-0.3, -0.25) is 0 Å². The van der Waals surface area contributed by atoms with Crippen molar-refractivity contribution in [1.29, 1.82) is 0 Å². The molecule has 0 bridgehead atoms. The number of hydrogen-bond donors (Lipinski definition) is 3. The third kappa shape index (κ3) is 6.50. The monoisotopic (exact) mass is 364 g/mol. The first-order chi connectivity index (χ1) is 12.5. The van der Waals surface area contributed by atoms with Gasteiger partial charge in [0.15, 0.2) is 0 Å². The number of rotatable bonds is 9. The van der Waals surface area contributed by atoms with Crippen molar-refractivity contribution in [2.24, 2.45) is 5.92 Å². The molecular formula is C20H32N2O4. The van der Waals surface area contributed by atoms with E-state index in [9.17, 15) is 9.90 Å². The molecule has 0 spiro atoms. The van der Waals surface area contributed by atoms with Crippen LogP contribution in [0.3, 0.4) is 0 Å². The Kier molecular flexibility index (Phi) is 8.19. The lowest BCUT2D eigenvalue weighted by atomic mass is 9.99. The Labute approximate surface area is 156 Å². The van der Waals surface area contributed by atoms with Gasteiger partial charge in [0.1, 0.15) is 18.5 Å². The Morgan fingerprint density at radius 1 is 1.35 bits per heavy atom. The number of aliphatic hydroxyl groups is 1. The van der Waals surface area contributed by atoms with E-state index in [-0.39, 0.29) is 25.3 Å². The van der Waals surface area contributed by atoms with Gasteiger partial charge in [0.2, 0.25) is 0 Å². The summed E-state index contributed by atoms with van der Waals surface area (Å²) in [6.45, 7) is 7.99. The number of carbonyl (C=O) groups is 1. The first kappa shape index (κ1) is 20.5. The molecule has 1 fully saturated rings. The molecule has 26 heavy (non-hydrogen) atoms. The molecule has 2 rings (SSSR count). The second kappa shape index (κ2) is 10.4. The number of aliphatic hydroxyl groups excluding tert-OH is 1. The summed E-state index contributed by atoms with van der Waals surface area (Å²) < 4.78 is 11.2. The van der Waals surface area contributed by atoms with Crippen LogP contribution in [0.1, 0.15) is 45.1 Å². The highest BCUT2D eigenvalue weighted by Gasteiger charge is 2.23. The Morgan fingerprint density at radius 3 is 2.81 bits per heavy atom. The van der Waals surface area contributed by atoms with E-state index in [0.717, 1.165) is 30.8 Å². The third-order valence-electron chi connectivity index (χ3n) is 4.80. The van der Waals surface area contributed by atoms with E-state index in [4.69, 9.17) is 9.47 Å². The molecule has 2 amide bonds. The molecule has 1 unspecified atom stereocenters. The molecular weight excluding hydrogens is 332 g/mol. The van der Waals surface area contributed by atoms with Gasteiger partial charge >= 0.3 is 6.03 Å². The highest BCUT2D eigenvalue weighted by Crippen LogP contribution is 2.26. The summed E-state index contributed by atoms with van der Waals surface area (Å²) in [6, 6.07) is 7.54. The zero-order valence-electron chi connectivity index (χ0n) is 16.0. The lowest BCUT2D eigenvalue weighted by molar-refractivity contribution is 0.103. The molecule has 1 aliphatic heterocycles. The number of amides is 2. The molecule has 0 aromatic heterocycles. The largest absolute Gasteiger partial charge is 0.491 e. The van der Waals surface area contributed by atoms with Gasteiger partial charge in [0.25, 0.3) is 0 Å². The van der Waals surface area contributed by atoms with Crippen LogP contribution in [0.4, 0.5) is 4.79 Å². The Morgan fingerprint density at radius 2 is 2.12 bits per heavy atom. The number of benzene rings is 1. The molecule has 3 atom stereocenters. The number of hydrogen-bond acceptors (Lipinski definition) is 4. The zero-order chi connectivity index (χ0) is 18.9. The maximum atomic E-state index is 11.8. The summed E-state index contributed by atoms with van der Waals surface area (Å²) in [7, 11) is 0. The normalized spacial score (nSPS) is 20.8. The van der Waals surface area contributed by atoms with Crippen LogP contribution in [0.15, 0.2) is 24.3 Å². The van der Waals surface area contributed by atoms with Gasteiger partial charge in [0.05, 0.1) is 6.10 Å². The van der Waals surface area contributed by atoms with Gasteiger partial charge < -0.3 is 25.2 Å². The first-order valence-electron chi connectivity index (χ1n) is 9.50. The van der Waals surface area contributed by atoms with Gasteiger partial charge in [0, 0.05) is 19.7 Å². The fourth-order valence-corrected chi connectivity index (χ4v) is 3.13. The summed E-state index contributed by atoms with van der Waals surface area (Å²) >= 11 is 0. The van der Waals surface area contributed by atoms with Crippen molar-refractivity contribution < 1.29 is 19.4 Å². The quantitative estimate of drug-likeness (QED) is 0.629. The first-order valence-corrected chi connectivity index (χ1v) is 9.50. The van der Waals surface area contributed by atoms with Crippen LogP contribution >= 0.6 is 0 Å². The van der Waals surface area contributed by atoms with Crippen molar-refractivity contribution in [3.63, 3.8) is 0 Å². The molecule has 1 aliphatic rings. The fourth-order valence-electron chi connectivity index (χ4n) is 3.13. The molecule has 6 heteroatoms. The van der Waals surface area contributed by atoms with E-state index in [1.54, 1.807) is 0 Å². The van der Waals surface area contributed by atoms with Gasteiger partial charge in [-0.05, 0) is 43.2 Å². The van der Waals surface area contributed by atoms with Gasteiger partial charge in [-0.2, -0.15) is 0 Å². The van der Waals surface area contributed by atoms with Crippen LogP contribution in [0.25, 0.3) is 0 Å². The maximum absolute atomic E-state index is 11.8. The number of para-hydroxylation sites is 1. The minimum atomic E-state index is -0.760. The smallest absolute Gasteiger partial charge is 0.314 e. The number of nitrogens with one attached hydrogen (secondary N) is 2. The van der Waals surface area contributed by atoms with Crippen molar-refractivity contribution in [3.8, 4) is 5.75 Å². The van der Waals surface area contributed by atoms with Crippen molar-refractivity contribution in [1.82, 2.24) is 10.6 Å². The lowest BCUT2D eigenvalue weighted by Crippen LogP contribution is -2.42. The zero-order valence-corrected chi connectivity index (χ0v) is 16.0. The molecule has 6 nitrogen and oxygen atoms in total. The molecule has 0 aliphatic carbocycles. The van der Waals surface area contributed by atoms with Crippen molar-refractivity contribution in [2.75, 3.05) is 26.3 Å². The molecule has 0 radical (unpaired) electrons. The van der Waals surface area contributed by atoms with E-state index in [0.29, 0.717) is 18.4 Å². The van der Waals surface area contributed by atoms with E-state index >= 15 is 0 Å². The predicted molar refractivity (Wildman–Crippen MR) is 102 cm³/mol. The standard InChI is InChI=1S/C20H32N2O4/c1-14(2)18-6-4-5-7-19(18)26-13-17(23)12-22-20(24)21-10-8-16-9-11-25-15(16)3/h4-7,14-17,23H,8-13H2,1-3H3,(H2,21,22,24)/t15-,16-,17?/m1/s1. The average Bonchev–Trinajstić information content (AvgIpc) is 3.03. The van der Waals surface area contributed by atoms with Crippen LogP contribution in [0.2, 0.25) is 0 Å². The topological polar surface area (TPSA) is 79.8 Å². The van der Waals surface area contributed by atoms with Crippen molar-refractivity contribution in [3.05, 3.63) is 29.8 Å². The molecule has 1 heterocycles. The minimum absolute atomic E-state index is 0.140. The van der Waals surface area contributed by atoms with E-state index in [1.807, 2.05) is 24.3 Å². The molecule has 1 aromatic rings. The van der Waals surface area contributed by atoms with Crippen LogP contribution < -0.4 is 15.4 Å². The van der Waals surface area contributed by atoms with E-state index < -0.39 is 6.10 Å². The summed E-state index contributed by atoms with van der Waals surface area (Å²) in [4.78, 5) is 11.8. The highest BCUT2D eigenvalue weighted by molar-refractivity contribution is 5.73. The summed E-state index contributed by atoms with van der Waals surface area (Å²) in [6.07, 6.45) is 1.47. The Hall–Kier alpha value is -1.79. The lowest BCUT2D eigenvalue weighted by Gasteiger charge is -2.17. The average molecular weight is 364 g/mol. The number of urea groups is 1. The second-order valence-corrected chi connectivity index (χ2v) is 7.21. The summed E-state index contributed by atoms with van der Waals surface area (Å²) in [5, 5.41) is 15.5. The maximum Gasteiger partial charge on any atom is 0.314 e. The SMILES string of the molecule is CC(C)c1ccccc1OCC(O)CNC(=O)NCC[C@@H]1CCO[C@@H]1C. The number of carbonyl (C=O) groups excluding carboxylic acids is 1. The molecule has 1 aromatic carbocycles. The van der Waals surface area contributed by atoms with Gasteiger partial charge in [-0.25, -0.2) is 4.79 Å². The summed E-state index contributed by atoms with van der Waals surface area (Å²) in [5.41, 5.74) is 1.11. The molecule has 0 saturated carbocycles. The molecule has 146 valence electrons. The Bertz CT molecular complexity index is 564. The summed E-state index contributed by atoms with van der Waals surface area (Å²) in [5.74, 6) is 1.63. The molecule has 3 N–H and O–H groups in total. The number of ether oxygens (including phenoxy) is 2. The van der Waals surface area contributed by atoms with Crippen molar-refractivity contribution in [2.45, 2.75) is 51.7 Å². The minimum Gasteiger partial charge on any atom is -0.491 e. The van der Waals surface area contributed by atoms with Crippen LogP contribution in [0.5, 0.6) is 5.75 Å².